The van der Waals surface area contributed by atoms with Crippen LogP contribution in [0.15, 0.2) is 18.2 Å². The highest BCUT2D eigenvalue weighted by Gasteiger charge is 2.12. The highest BCUT2D eigenvalue weighted by molar-refractivity contribution is 5.76. The van der Waals surface area contributed by atoms with Gasteiger partial charge >= 0.3 is 0 Å². The zero-order valence-electron chi connectivity index (χ0n) is 13.9. The molecular formula is C17H28N2O2. The third-order valence-corrected chi connectivity index (χ3v) is 3.35. The van der Waals surface area contributed by atoms with Gasteiger partial charge < -0.3 is 15.0 Å². The maximum Gasteiger partial charge on any atom is 0.223 e. The highest BCUT2D eigenvalue weighted by Crippen LogP contribution is 2.16. The van der Waals surface area contributed by atoms with Gasteiger partial charge in [0.15, 0.2) is 0 Å². The Morgan fingerprint density at radius 1 is 1.29 bits per heavy atom. The Kier molecular flexibility index (Phi) is 7.23. The molecule has 1 aromatic rings. The molecule has 1 unspecified atom stereocenters. The number of rotatable bonds is 8. The van der Waals surface area contributed by atoms with Gasteiger partial charge in [0.2, 0.25) is 5.91 Å². The number of amides is 1. The predicted octanol–water partition coefficient (Wildman–Crippen LogP) is 2.53. The van der Waals surface area contributed by atoms with E-state index in [4.69, 9.17) is 4.74 Å². The largest absolute Gasteiger partial charge is 0.492 e. The van der Waals surface area contributed by atoms with E-state index in [0.29, 0.717) is 19.6 Å². The molecule has 0 saturated heterocycles. The maximum atomic E-state index is 12.0. The standard InChI is InChI=1S/C17H28N2O2/c1-6-18-15(4)12-17(20)19(5)7-8-21-16-10-13(2)9-14(3)11-16/h9-11,15,18H,6-8,12H2,1-5H3. The summed E-state index contributed by atoms with van der Waals surface area (Å²) in [6.45, 7) is 10.2. The second kappa shape index (κ2) is 8.67. The minimum Gasteiger partial charge on any atom is -0.492 e. The predicted molar refractivity (Wildman–Crippen MR) is 86.8 cm³/mol. The lowest BCUT2D eigenvalue weighted by Crippen LogP contribution is -2.36. The van der Waals surface area contributed by atoms with Crippen molar-refractivity contribution in [2.75, 3.05) is 26.7 Å². The number of hydrogen-bond acceptors (Lipinski definition) is 3. The van der Waals surface area contributed by atoms with Crippen LogP contribution in [0.5, 0.6) is 5.75 Å². The third kappa shape index (κ3) is 6.63. The summed E-state index contributed by atoms with van der Waals surface area (Å²) in [7, 11) is 1.83. The molecule has 0 radical (unpaired) electrons. The smallest absolute Gasteiger partial charge is 0.223 e. The zero-order chi connectivity index (χ0) is 15.8. The van der Waals surface area contributed by atoms with Gasteiger partial charge in [0.05, 0.1) is 6.54 Å². The molecule has 1 rings (SSSR count). The molecule has 0 aromatic heterocycles. The van der Waals surface area contributed by atoms with Crippen molar-refractivity contribution in [3.63, 3.8) is 0 Å². The van der Waals surface area contributed by atoms with Crippen LogP contribution < -0.4 is 10.1 Å². The van der Waals surface area contributed by atoms with Gasteiger partial charge in [-0.25, -0.2) is 0 Å². The summed E-state index contributed by atoms with van der Waals surface area (Å²) in [4.78, 5) is 13.7. The van der Waals surface area contributed by atoms with E-state index in [2.05, 4.69) is 25.2 Å². The summed E-state index contributed by atoms with van der Waals surface area (Å²) < 4.78 is 5.73. The van der Waals surface area contributed by atoms with Crippen molar-refractivity contribution in [2.24, 2.45) is 0 Å². The van der Waals surface area contributed by atoms with E-state index in [0.717, 1.165) is 12.3 Å². The van der Waals surface area contributed by atoms with Crippen LogP contribution in [-0.4, -0.2) is 43.6 Å². The molecular weight excluding hydrogens is 264 g/mol. The van der Waals surface area contributed by atoms with Crippen LogP contribution in [0, 0.1) is 13.8 Å². The zero-order valence-corrected chi connectivity index (χ0v) is 13.9. The molecule has 0 fully saturated rings. The van der Waals surface area contributed by atoms with E-state index < -0.39 is 0 Å². The number of carbonyl (C=O) groups is 1. The first kappa shape index (κ1) is 17.5. The fourth-order valence-electron chi connectivity index (χ4n) is 2.28. The number of nitrogens with zero attached hydrogens (tertiary/aromatic N) is 1. The molecule has 1 N–H and O–H groups in total. The monoisotopic (exact) mass is 292 g/mol. The number of likely N-dealkylation sites (N-methyl/N-ethyl adjacent to an activating group) is 1. The van der Waals surface area contributed by atoms with Crippen LogP contribution in [0.25, 0.3) is 0 Å². The van der Waals surface area contributed by atoms with E-state index in [1.807, 2.05) is 33.0 Å². The normalized spacial score (nSPS) is 12.0. The Morgan fingerprint density at radius 3 is 2.48 bits per heavy atom. The SMILES string of the molecule is CCNC(C)CC(=O)N(C)CCOc1cc(C)cc(C)c1. The molecule has 21 heavy (non-hydrogen) atoms. The lowest BCUT2D eigenvalue weighted by Gasteiger charge is -2.20. The molecule has 0 heterocycles. The molecule has 0 bridgehead atoms. The Bertz CT molecular complexity index is 440. The van der Waals surface area contributed by atoms with Crippen LogP contribution in [0.2, 0.25) is 0 Å². The highest BCUT2D eigenvalue weighted by atomic mass is 16.5. The van der Waals surface area contributed by atoms with Gasteiger partial charge in [0.25, 0.3) is 0 Å². The van der Waals surface area contributed by atoms with Crippen molar-refractivity contribution in [3.05, 3.63) is 29.3 Å². The van der Waals surface area contributed by atoms with E-state index >= 15 is 0 Å². The number of ether oxygens (including phenoxy) is 1. The van der Waals surface area contributed by atoms with Gasteiger partial charge in [-0.1, -0.05) is 13.0 Å². The fraction of sp³-hybridized carbons (Fsp3) is 0.588. The minimum atomic E-state index is 0.146. The van der Waals surface area contributed by atoms with E-state index in [9.17, 15) is 4.79 Å². The van der Waals surface area contributed by atoms with Gasteiger partial charge in [-0.2, -0.15) is 0 Å². The fourth-order valence-corrected chi connectivity index (χ4v) is 2.28. The van der Waals surface area contributed by atoms with E-state index in [1.54, 1.807) is 4.90 Å². The molecule has 0 spiro atoms. The molecule has 118 valence electrons. The average molecular weight is 292 g/mol. The lowest BCUT2D eigenvalue weighted by molar-refractivity contribution is -0.130. The maximum absolute atomic E-state index is 12.0. The Morgan fingerprint density at radius 2 is 1.90 bits per heavy atom. The van der Waals surface area contributed by atoms with E-state index in [1.165, 1.54) is 11.1 Å². The second-order valence-electron chi connectivity index (χ2n) is 5.65. The van der Waals surface area contributed by atoms with Gasteiger partial charge in [0, 0.05) is 19.5 Å². The molecule has 0 aliphatic heterocycles. The van der Waals surface area contributed by atoms with Crippen molar-refractivity contribution < 1.29 is 9.53 Å². The Balaban J connectivity index is 2.35. The number of carbonyl (C=O) groups excluding carboxylic acids is 1. The first-order chi connectivity index (χ1) is 9.92. The Hall–Kier alpha value is -1.55. The molecule has 0 aliphatic carbocycles. The summed E-state index contributed by atoms with van der Waals surface area (Å²) in [5, 5.41) is 3.25. The van der Waals surface area contributed by atoms with Gasteiger partial charge in [-0.3, -0.25) is 4.79 Å². The molecule has 0 aliphatic rings. The molecule has 1 aromatic carbocycles. The van der Waals surface area contributed by atoms with Crippen LogP contribution in [0.3, 0.4) is 0 Å². The average Bonchev–Trinajstić information content (AvgIpc) is 2.37. The third-order valence-electron chi connectivity index (χ3n) is 3.35. The summed E-state index contributed by atoms with van der Waals surface area (Å²) in [5.74, 6) is 1.02. The summed E-state index contributed by atoms with van der Waals surface area (Å²) in [6.07, 6.45) is 0.522. The van der Waals surface area contributed by atoms with Gasteiger partial charge in [-0.15, -0.1) is 0 Å². The van der Waals surface area contributed by atoms with Crippen LogP contribution in [0.4, 0.5) is 0 Å². The summed E-state index contributed by atoms with van der Waals surface area (Å²) in [5.41, 5.74) is 2.38. The summed E-state index contributed by atoms with van der Waals surface area (Å²) >= 11 is 0. The first-order valence-electron chi connectivity index (χ1n) is 7.60. The topological polar surface area (TPSA) is 41.6 Å². The van der Waals surface area contributed by atoms with E-state index in [-0.39, 0.29) is 11.9 Å². The molecule has 1 atom stereocenters. The van der Waals surface area contributed by atoms with Gasteiger partial charge in [0.1, 0.15) is 12.4 Å². The second-order valence-corrected chi connectivity index (χ2v) is 5.65. The molecule has 4 nitrogen and oxygen atoms in total. The van der Waals surface area contributed by atoms with Gasteiger partial charge in [-0.05, 0) is 50.6 Å². The minimum absolute atomic E-state index is 0.146. The number of nitrogens with one attached hydrogen (secondary N) is 1. The van der Waals surface area contributed by atoms with Crippen molar-refractivity contribution in [1.82, 2.24) is 10.2 Å². The number of hydrogen-bond donors (Lipinski definition) is 1. The molecule has 4 heteroatoms. The van der Waals surface area contributed by atoms with Crippen molar-refractivity contribution in [2.45, 2.75) is 40.2 Å². The summed E-state index contributed by atoms with van der Waals surface area (Å²) in [6, 6.07) is 6.36. The molecule has 1 amide bonds. The first-order valence-corrected chi connectivity index (χ1v) is 7.60. The van der Waals surface area contributed by atoms with Crippen LogP contribution >= 0.6 is 0 Å². The molecule has 0 saturated carbocycles. The van der Waals surface area contributed by atoms with Crippen LogP contribution in [-0.2, 0) is 4.79 Å². The quantitative estimate of drug-likeness (QED) is 0.800. The number of aryl methyl sites for hydroxylation is 2. The van der Waals surface area contributed by atoms with Crippen molar-refractivity contribution in [3.8, 4) is 5.75 Å². The number of benzene rings is 1. The Labute approximate surface area is 128 Å². The van der Waals surface area contributed by atoms with Crippen LogP contribution in [0.1, 0.15) is 31.4 Å². The van der Waals surface area contributed by atoms with Crippen molar-refractivity contribution >= 4 is 5.91 Å². The lowest BCUT2D eigenvalue weighted by atomic mass is 10.1. The van der Waals surface area contributed by atoms with Crippen molar-refractivity contribution in [1.29, 1.82) is 0 Å².